The standard InChI is InChI=1S/C12H19O5P/c1-4-7-9-12(8-5-2,18(14,15)16)11(13)17-10-6-3/h4-6H,1-3,7-10H2,(H2,14,15,16). The van der Waals surface area contributed by atoms with E-state index in [1.54, 1.807) is 0 Å². The Labute approximate surface area is 107 Å². The van der Waals surface area contributed by atoms with Crippen LogP contribution in [0.4, 0.5) is 0 Å². The van der Waals surface area contributed by atoms with Crippen LogP contribution in [0.3, 0.4) is 0 Å². The maximum absolute atomic E-state index is 11.9. The highest BCUT2D eigenvalue weighted by Crippen LogP contribution is 2.56. The molecule has 0 saturated carbocycles. The Bertz CT molecular complexity index is 371. The molecular weight excluding hydrogens is 255 g/mol. The molecule has 18 heavy (non-hydrogen) atoms. The van der Waals surface area contributed by atoms with Crippen molar-refractivity contribution in [3.8, 4) is 0 Å². The van der Waals surface area contributed by atoms with E-state index in [2.05, 4.69) is 19.7 Å². The zero-order chi connectivity index (χ0) is 14.2. The fourth-order valence-corrected chi connectivity index (χ4v) is 2.61. The fourth-order valence-electron chi connectivity index (χ4n) is 1.52. The van der Waals surface area contributed by atoms with E-state index in [0.717, 1.165) is 0 Å². The van der Waals surface area contributed by atoms with Crippen molar-refractivity contribution in [1.82, 2.24) is 0 Å². The van der Waals surface area contributed by atoms with Gasteiger partial charge in [-0.3, -0.25) is 9.36 Å². The first-order chi connectivity index (χ1) is 8.35. The zero-order valence-electron chi connectivity index (χ0n) is 10.2. The average Bonchev–Trinajstić information content (AvgIpc) is 2.29. The second-order valence-electron chi connectivity index (χ2n) is 3.78. The van der Waals surface area contributed by atoms with Crippen molar-refractivity contribution in [3.05, 3.63) is 38.0 Å². The van der Waals surface area contributed by atoms with Crippen LogP contribution >= 0.6 is 7.60 Å². The molecule has 6 heteroatoms. The number of carbonyl (C=O) groups is 1. The second-order valence-corrected chi connectivity index (χ2v) is 5.73. The van der Waals surface area contributed by atoms with Crippen LogP contribution in [0.1, 0.15) is 19.3 Å². The van der Waals surface area contributed by atoms with Crippen molar-refractivity contribution in [2.75, 3.05) is 6.61 Å². The first-order valence-corrected chi connectivity index (χ1v) is 7.02. The van der Waals surface area contributed by atoms with Crippen molar-refractivity contribution in [2.45, 2.75) is 24.4 Å². The van der Waals surface area contributed by atoms with E-state index in [1.165, 1.54) is 18.2 Å². The molecule has 0 fully saturated rings. The van der Waals surface area contributed by atoms with Crippen LogP contribution in [0, 0.1) is 0 Å². The highest BCUT2D eigenvalue weighted by molar-refractivity contribution is 7.54. The summed E-state index contributed by atoms with van der Waals surface area (Å²) in [5.74, 6) is -0.933. The van der Waals surface area contributed by atoms with Gasteiger partial charge < -0.3 is 14.5 Å². The van der Waals surface area contributed by atoms with E-state index in [1.807, 2.05) is 0 Å². The highest BCUT2D eigenvalue weighted by atomic mass is 31.2. The van der Waals surface area contributed by atoms with Crippen molar-refractivity contribution in [1.29, 1.82) is 0 Å². The van der Waals surface area contributed by atoms with Crippen LogP contribution < -0.4 is 0 Å². The van der Waals surface area contributed by atoms with E-state index in [-0.39, 0.29) is 19.4 Å². The van der Waals surface area contributed by atoms with E-state index in [4.69, 9.17) is 4.74 Å². The molecular formula is C12H19O5P. The molecule has 1 unspecified atom stereocenters. The molecule has 0 aromatic carbocycles. The molecule has 0 aliphatic carbocycles. The maximum atomic E-state index is 11.9. The first-order valence-electron chi connectivity index (χ1n) is 5.41. The Kier molecular flexibility index (Phi) is 6.84. The van der Waals surface area contributed by atoms with Gasteiger partial charge in [0, 0.05) is 0 Å². The molecule has 0 aliphatic rings. The van der Waals surface area contributed by atoms with Crippen LogP contribution in [0.15, 0.2) is 38.0 Å². The number of allylic oxidation sites excluding steroid dienone is 2. The summed E-state index contributed by atoms with van der Waals surface area (Å²) in [5, 5.41) is -1.88. The molecule has 0 heterocycles. The van der Waals surface area contributed by atoms with Crippen LogP contribution in [0.2, 0.25) is 0 Å². The Morgan fingerprint density at radius 3 is 2.22 bits per heavy atom. The minimum Gasteiger partial charge on any atom is -0.461 e. The van der Waals surface area contributed by atoms with E-state index in [9.17, 15) is 19.1 Å². The fraction of sp³-hybridized carbons (Fsp3) is 0.417. The van der Waals surface area contributed by atoms with Gasteiger partial charge in [-0.05, 0) is 19.3 Å². The van der Waals surface area contributed by atoms with Gasteiger partial charge >= 0.3 is 13.6 Å². The molecule has 0 aliphatic heterocycles. The normalized spacial score (nSPS) is 14.3. The van der Waals surface area contributed by atoms with Gasteiger partial charge in [0.2, 0.25) is 0 Å². The summed E-state index contributed by atoms with van der Waals surface area (Å²) in [6.07, 6.45) is 4.24. The summed E-state index contributed by atoms with van der Waals surface area (Å²) in [4.78, 5) is 30.8. The lowest BCUT2D eigenvalue weighted by molar-refractivity contribution is -0.146. The van der Waals surface area contributed by atoms with Crippen LogP contribution in [0.5, 0.6) is 0 Å². The Balaban J connectivity index is 5.36. The van der Waals surface area contributed by atoms with Crippen LogP contribution in [-0.4, -0.2) is 27.5 Å². The minimum atomic E-state index is -4.68. The molecule has 5 nitrogen and oxygen atoms in total. The van der Waals surface area contributed by atoms with Gasteiger partial charge in [-0.1, -0.05) is 24.8 Å². The van der Waals surface area contributed by atoms with Gasteiger partial charge in [0.25, 0.3) is 0 Å². The monoisotopic (exact) mass is 274 g/mol. The van der Waals surface area contributed by atoms with Gasteiger partial charge in [0.15, 0.2) is 5.16 Å². The number of hydrogen-bond acceptors (Lipinski definition) is 3. The molecule has 0 aromatic rings. The van der Waals surface area contributed by atoms with Gasteiger partial charge in [0.1, 0.15) is 6.61 Å². The van der Waals surface area contributed by atoms with Crippen molar-refractivity contribution in [2.24, 2.45) is 0 Å². The number of esters is 1. The summed E-state index contributed by atoms with van der Waals surface area (Å²) in [5.41, 5.74) is 0. The summed E-state index contributed by atoms with van der Waals surface area (Å²) < 4.78 is 16.4. The maximum Gasteiger partial charge on any atom is 0.343 e. The Hall–Kier alpha value is -1.16. The number of ether oxygens (including phenoxy) is 1. The predicted octanol–water partition coefficient (Wildman–Crippen LogP) is 2.17. The third kappa shape index (κ3) is 3.95. The molecule has 102 valence electrons. The third-order valence-electron chi connectivity index (χ3n) is 2.51. The lowest BCUT2D eigenvalue weighted by atomic mass is 9.98. The molecule has 0 bridgehead atoms. The zero-order valence-corrected chi connectivity index (χ0v) is 11.1. The number of hydrogen-bond donors (Lipinski definition) is 2. The summed E-state index contributed by atoms with van der Waals surface area (Å²) in [6, 6.07) is 0. The molecule has 0 aromatic heterocycles. The molecule has 2 N–H and O–H groups in total. The van der Waals surface area contributed by atoms with Crippen LogP contribution in [-0.2, 0) is 14.1 Å². The lowest BCUT2D eigenvalue weighted by Gasteiger charge is -2.30. The summed E-state index contributed by atoms with van der Waals surface area (Å²) >= 11 is 0. The first kappa shape index (κ1) is 16.8. The van der Waals surface area contributed by atoms with E-state index < -0.39 is 18.7 Å². The smallest absolute Gasteiger partial charge is 0.343 e. The molecule has 0 saturated heterocycles. The Morgan fingerprint density at radius 1 is 1.22 bits per heavy atom. The summed E-state index contributed by atoms with van der Waals surface area (Å²) in [7, 11) is -4.68. The molecule has 0 rings (SSSR count). The quantitative estimate of drug-likeness (QED) is 0.382. The average molecular weight is 274 g/mol. The topological polar surface area (TPSA) is 83.8 Å². The molecule has 1 atom stereocenters. The Morgan fingerprint density at radius 2 is 1.83 bits per heavy atom. The van der Waals surface area contributed by atoms with Crippen LogP contribution in [0.25, 0.3) is 0 Å². The van der Waals surface area contributed by atoms with Gasteiger partial charge in [0.05, 0.1) is 0 Å². The van der Waals surface area contributed by atoms with Crippen molar-refractivity contribution < 1.29 is 23.9 Å². The largest absolute Gasteiger partial charge is 0.461 e. The highest BCUT2D eigenvalue weighted by Gasteiger charge is 2.53. The number of carbonyl (C=O) groups excluding carboxylic acids is 1. The predicted molar refractivity (Wildman–Crippen MR) is 70.2 cm³/mol. The minimum absolute atomic E-state index is 0.0389. The van der Waals surface area contributed by atoms with Gasteiger partial charge in [-0.2, -0.15) is 0 Å². The van der Waals surface area contributed by atoms with E-state index in [0.29, 0.717) is 6.42 Å². The number of rotatable bonds is 9. The molecule has 0 amide bonds. The van der Waals surface area contributed by atoms with Crippen molar-refractivity contribution in [3.63, 3.8) is 0 Å². The third-order valence-corrected chi connectivity index (χ3v) is 4.22. The SMILES string of the molecule is C=CCCC(CC=C)(C(=O)OCC=C)P(=O)(O)O. The lowest BCUT2D eigenvalue weighted by Crippen LogP contribution is -2.39. The van der Waals surface area contributed by atoms with Crippen molar-refractivity contribution >= 4 is 13.6 Å². The van der Waals surface area contributed by atoms with Gasteiger partial charge in [-0.15, -0.1) is 13.2 Å². The molecule has 0 spiro atoms. The van der Waals surface area contributed by atoms with Gasteiger partial charge in [-0.25, -0.2) is 0 Å². The van der Waals surface area contributed by atoms with E-state index >= 15 is 0 Å². The second kappa shape index (κ2) is 7.31. The summed E-state index contributed by atoms with van der Waals surface area (Å²) in [6.45, 7) is 10.2. The molecule has 0 radical (unpaired) electrons.